The first-order chi connectivity index (χ1) is 17.9. The van der Waals surface area contributed by atoms with Gasteiger partial charge in [-0.05, 0) is 72.1 Å². The van der Waals surface area contributed by atoms with Crippen molar-refractivity contribution in [2.24, 2.45) is 10.8 Å². The maximum absolute atomic E-state index is 5.42. The standard InChI is InChI=1S/C10H12.C9H10O.2C5H12.4C2H6/c1-2-6-10-8-4-3-7-9(10)5-1;1-2-6-9-8(4-1)5-3-7-10-9;2*1-5(2,3)4;4*1-2/h1-2,5-6H,3-4,7-8H2;1-2,4,6H,3,5,7H2;2*1-4H3;4*1-2H3. The number of rotatable bonds is 0. The predicted molar refractivity (Wildman–Crippen MR) is 179 cm³/mol. The molecular formula is C37H70O. The highest BCUT2D eigenvalue weighted by Gasteiger charge is 2.07. The monoisotopic (exact) mass is 531 g/mol. The Hall–Kier alpha value is -1.76. The molecule has 224 valence electrons. The van der Waals surface area contributed by atoms with Crippen LogP contribution in [0.4, 0.5) is 0 Å². The SMILES string of the molecule is CC.CC.CC.CC.CC(C)(C)C.CC(C)(C)C.c1ccc2c(c1)CCCC2.c1ccc2c(c1)CCCO2. The molecule has 38 heavy (non-hydrogen) atoms. The zero-order valence-electron chi connectivity index (χ0n) is 29.0. The molecule has 1 heteroatoms. The summed E-state index contributed by atoms with van der Waals surface area (Å²) in [6.45, 7) is 34.4. The van der Waals surface area contributed by atoms with Gasteiger partial charge in [-0.25, -0.2) is 0 Å². The summed E-state index contributed by atoms with van der Waals surface area (Å²) in [4.78, 5) is 0. The first kappa shape index (κ1) is 43.3. The van der Waals surface area contributed by atoms with Crippen LogP contribution in [-0.2, 0) is 19.3 Å². The second-order valence-corrected chi connectivity index (χ2v) is 11.5. The van der Waals surface area contributed by atoms with E-state index in [9.17, 15) is 0 Å². The van der Waals surface area contributed by atoms with E-state index in [-0.39, 0.29) is 0 Å². The second kappa shape index (κ2) is 28.3. The molecule has 0 saturated carbocycles. The van der Waals surface area contributed by atoms with Gasteiger partial charge in [0.25, 0.3) is 0 Å². The molecule has 1 aliphatic heterocycles. The lowest BCUT2D eigenvalue weighted by atomic mass is 9.92. The van der Waals surface area contributed by atoms with E-state index in [1.165, 1.54) is 37.7 Å². The number of hydrogen-bond donors (Lipinski definition) is 0. The topological polar surface area (TPSA) is 9.23 Å². The van der Waals surface area contributed by atoms with E-state index in [1.54, 1.807) is 11.1 Å². The molecule has 0 fully saturated rings. The van der Waals surface area contributed by atoms with Crippen molar-refractivity contribution in [2.75, 3.05) is 6.61 Å². The summed E-state index contributed by atoms with van der Waals surface area (Å²) < 4.78 is 5.42. The van der Waals surface area contributed by atoms with Crippen LogP contribution in [-0.4, -0.2) is 6.61 Å². The van der Waals surface area contributed by atoms with Gasteiger partial charge in [-0.15, -0.1) is 0 Å². The van der Waals surface area contributed by atoms with Crippen LogP contribution in [0.5, 0.6) is 5.75 Å². The van der Waals surface area contributed by atoms with Crippen molar-refractivity contribution in [2.45, 2.75) is 149 Å². The largest absolute Gasteiger partial charge is 0.493 e. The van der Waals surface area contributed by atoms with Gasteiger partial charge < -0.3 is 4.74 Å². The number of hydrogen-bond acceptors (Lipinski definition) is 1. The Bertz CT molecular complexity index is 590. The molecule has 0 amide bonds. The van der Waals surface area contributed by atoms with Gasteiger partial charge in [0.1, 0.15) is 5.75 Å². The molecule has 0 N–H and O–H groups in total. The minimum absolute atomic E-state index is 0.500. The zero-order chi connectivity index (χ0) is 30.6. The van der Waals surface area contributed by atoms with Crippen LogP contribution in [0, 0.1) is 10.8 Å². The maximum atomic E-state index is 5.42. The molecule has 2 aromatic carbocycles. The van der Waals surface area contributed by atoms with Gasteiger partial charge in [-0.1, -0.05) is 153 Å². The predicted octanol–water partition coefficient (Wildman–Crippen LogP) is 12.8. The number of aryl methyl sites for hydroxylation is 3. The van der Waals surface area contributed by atoms with Crippen LogP contribution in [0.25, 0.3) is 0 Å². The van der Waals surface area contributed by atoms with E-state index in [2.05, 4.69) is 91.8 Å². The zero-order valence-corrected chi connectivity index (χ0v) is 29.0. The first-order valence-corrected chi connectivity index (χ1v) is 15.7. The van der Waals surface area contributed by atoms with Crippen molar-refractivity contribution < 1.29 is 4.74 Å². The van der Waals surface area contributed by atoms with Crippen LogP contribution in [0.15, 0.2) is 48.5 Å². The van der Waals surface area contributed by atoms with Crippen molar-refractivity contribution >= 4 is 0 Å². The molecule has 1 heterocycles. The second-order valence-electron chi connectivity index (χ2n) is 11.5. The van der Waals surface area contributed by atoms with Gasteiger partial charge in [0.2, 0.25) is 0 Å². The smallest absolute Gasteiger partial charge is 0.122 e. The molecule has 0 spiro atoms. The quantitative estimate of drug-likeness (QED) is 0.329. The lowest BCUT2D eigenvalue weighted by Gasteiger charge is -2.15. The van der Waals surface area contributed by atoms with Crippen LogP contribution in [0.3, 0.4) is 0 Å². The number of para-hydroxylation sites is 1. The van der Waals surface area contributed by atoms with E-state index in [0.717, 1.165) is 18.8 Å². The van der Waals surface area contributed by atoms with Gasteiger partial charge in [0.05, 0.1) is 6.61 Å². The molecule has 0 radical (unpaired) electrons. The average Bonchev–Trinajstić information content (AvgIpc) is 2.92. The van der Waals surface area contributed by atoms with Gasteiger partial charge >= 0.3 is 0 Å². The molecule has 0 atom stereocenters. The third-order valence-electron chi connectivity index (χ3n) is 4.08. The summed E-state index contributed by atoms with van der Waals surface area (Å²) in [7, 11) is 0. The number of ether oxygens (including phenoxy) is 1. The lowest BCUT2D eigenvalue weighted by molar-refractivity contribution is 0.288. The summed E-state index contributed by atoms with van der Waals surface area (Å²) in [5, 5.41) is 0. The number of fused-ring (bicyclic) bond motifs is 2. The van der Waals surface area contributed by atoms with Gasteiger partial charge in [0.15, 0.2) is 0 Å². The highest BCUT2D eigenvalue weighted by atomic mass is 16.5. The number of benzene rings is 2. The fourth-order valence-electron chi connectivity index (χ4n) is 2.97. The molecule has 0 aromatic heterocycles. The van der Waals surface area contributed by atoms with E-state index in [0.29, 0.717) is 10.8 Å². The van der Waals surface area contributed by atoms with Gasteiger partial charge in [-0.3, -0.25) is 0 Å². The molecule has 4 rings (SSSR count). The Morgan fingerprint density at radius 3 is 1.08 bits per heavy atom. The summed E-state index contributed by atoms with van der Waals surface area (Å²) in [5.74, 6) is 1.08. The molecule has 1 nitrogen and oxygen atoms in total. The fraction of sp³-hybridized carbons (Fsp3) is 0.676. The lowest BCUT2D eigenvalue weighted by Crippen LogP contribution is -2.07. The molecule has 1 aliphatic carbocycles. The first-order valence-electron chi connectivity index (χ1n) is 15.7. The Balaban J connectivity index is -0.000000194. The Morgan fingerprint density at radius 1 is 0.447 bits per heavy atom. The molecule has 2 aliphatic rings. The highest BCUT2D eigenvalue weighted by Crippen LogP contribution is 2.23. The normalized spacial score (nSPS) is 12.2. The van der Waals surface area contributed by atoms with Crippen molar-refractivity contribution in [1.82, 2.24) is 0 Å². The van der Waals surface area contributed by atoms with E-state index in [4.69, 9.17) is 4.74 Å². The fourth-order valence-corrected chi connectivity index (χ4v) is 2.97. The van der Waals surface area contributed by atoms with E-state index in [1.807, 2.05) is 67.5 Å². The molecule has 2 aromatic rings. The molecule has 0 unspecified atom stereocenters. The third kappa shape index (κ3) is 32.3. The Labute approximate surface area is 242 Å². The Kier molecular flexibility index (Phi) is 32.2. The minimum Gasteiger partial charge on any atom is -0.493 e. The molecule has 0 bridgehead atoms. The van der Waals surface area contributed by atoms with Gasteiger partial charge in [0, 0.05) is 0 Å². The minimum atomic E-state index is 0.500. The summed E-state index contributed by atoms with van der Waals surface area (Å²) in [5.41, 5.74) is 5.51. The average molecular weight is 531 g/mol. The maximum Gasteiger partial charge on any atom is 0.122 e. The van der Waals surface area contributed by atoms with Crippen LogP contribution < -0.4 is 4.74 Å². The van der Waals surface area contributed by atoms with Crippen molar-refractivity contribution in [3.8, 4) is 5.75 Å². The third-order valence-corrected chi connectivity index (χ3v) is 4.08. The van der Waals surface area contributed by atoms with Crippen LogP contribution >= 0.6 is 0 Å². The van der Waals surface area contributed by atoms with Crippen molar-refractivity contribution in [1.29, 1.82) is 0 Å². The highest BCUT2D eigenvalue weighted by molar-refractivity contribution is 5.34. The van der Waals surface area contributed by atoms with E-state index < -0.39 is 0 Å². The molecule has 0 saturated heterocycles. The summed E-state index contributed by atoms with van der Waals surface area (Å²) in [6, 6.07) is 17.1. The van der Waals surface area contributed by atoms with Crippen LogP contribution in [0.1, 0.15) is 147 Å². The molecular weight excluding hydrogens is 460 g/mol. The summed E-state index contributed by atoms with van der Waals surface area (Å²) >= 11 is 0. The van der Waals surface area contributed by atoms with Crippen molar-refractivity contribution in [3.05, 3.63) is 65.2 Å². The van der Waals surface area contributed by atoms with Crippen LogP contribution in [0.2, 0.25) is 0 Å². The van der Waals surface area contributed by atoms with Gasteiger partial charge in [-0.2, -0.15) is 0 Å². The Morgan fingerprint density at radius 2 is 0.737 bits per heavy atom. The van der Waals surface area contributed by atoms with E-state index >= 15 is 0 Å². The summed E-state index contributed by atoms with van der Waals surface area (Å²) in [6.07, 6.45) is 7.72. The van der Waals surface area contributed by atoms with Crippen molar-refractivity contribution in [3.63, 3.8) is 0 Å².